The maximum atomic E-state index is 10.7. The lowest BCUT2D eigenvalue weighted by atomic mass is 10.4. The minimum Gasteiger partial charge on any atom is -0.772 e. The zero-order valence-corrected chi connectivity index (χ0v) is 9.82. The van der Waals surface area contributed by atoms with E-state index < -0.39 is 27.9 Å². The van der Waals surface area contributed by atoms with Gasteiger partial charge in [0.1, 0.15) is 11.0 Å². The molecule has 0 aliphatic heterocycles. The number of hydrogen-bond donors (Lipinski definition) is 0. The van der Waals surface area contributed by atoms with Gasteiger partial charge in [0, 0.05) is 0 Å². The first-order valence-electron chi connectivity index (χ1n) is 3.60. The van der Waals surface area contributed by atoms with Gasteiger partial charge in [0.2, 0.25) is 0 Å². The molecule has 0 aliphatic carbocycles. The fraction of sp³-hybridized carbons (Fsp3) is 0.333. The summed E-state index contributed by atoms with van der Waals surface area (Å²) in [5, 5.41) is -0.267. The average Bonchev–Trinajstić information content (AvgIpc) is 1.99. The lowest BCUT2D eigenvalue weighted by molar-refractivity contribution is 0.534. The maximum absolute atomic E-state index is 10.7. The molecule has 2 atom stereocenters. The summed E-state index contributed by atoms with van der Waals surface area (Å²) in [4.78, 5) is 7.07. The molecule has 9 heteroatoms. The zero-order valence-electron chi connectivity index (χ0n) is 7.43. The Bertz CT molecular complexity index is 416. The number of aryl methyl sites for hydroxylation is 1. The average molecular weight is 269 g/mol. The molecule has 1 aromatic heterocycles. The van der Waals surface area contributed by atoms with Crippen LogP contribution >= 0.6 is 11.6 Å². The van der Waals surface area contributed by atoms with Crippen molar-refractivity contribution in [3.63, 3.8) is 0 Å². The Morgan fingerprint density at radius 1 is 1.33 bits per heavy atom. The predicted octanol–water partition coefficient (Wildman–Crippen LogP) is 0.0555. The standard InChI is InChI=1S/C6H7ClN2O4S2/c1-3-5(15(12)13)6(7)9-4(8-3)2-14(10)11/h2H2,1H3,(H,10,11)(H,12,13)/p-2. The third-order valence-corrected chi connectivity index (χ3v) is 3.16. The van der Waals surface area contributed by atoms with Crippen LogP contribution in [-0.2, 0) is 27.9 Å². The molecule has 0 fully saturated rings. The summed E-state index contributed by atoms with van der Waals surface area (Å²) >= 11 is 0.696. The second kappa shape index (κ2) is 5.08. The Morgan fingerprint density at radius 3 is 2.33 bits per heavy atom. The topological polar surface area (TPSA) is 106 Å². The molecule has 0 saturated carbocycles. The normalized spacial score (nSPS) is 14.9. The molecular formula is C6H5ClN2O4S2-2. The van der Waals surface area contributed by atoms with Crippen LogP contribution in [0.25, 0.3) is 0 Å². The first-order valence-corrected chi connectivity index (χ1v) is 6.29. The Kier molecular flexibility index (Phi) is 4.29. The molecule has 1 heterocycles. The molecule has 0 radical (unpaired) electrons. The predicted molar refractivity (Wildman–Crippen MR) is 51.6 cm³/mol. The summed E-state index contributed by atoms with van der Waals surface area (Å²) in [7, 11) is 0. The number of halogens is 1. The minimum atomic E-state index is -2.53. The van der Waals surface area contributed by atoms with Crippen LogP contribution in [0.2, 0.25) is 5.15 Å². The van der Waals surface area contributed by atoms with E-state index in [9.17, 15) is 17.5 Å². The maximum Gasteiger partial charge on any atom is 0.148 e. The van der Waals surface area contributed by atoms with Gasteiger partial charge in [0.05, 0.1) is 16.3 Å². The van der Waals surface area contributed by atoms with Crippen LogP contribution in [-0.4, -0.2) is 27.5 Å². The van der Waals surface area contributed by atoms with Gasteiger partial charge in [-0.15, -0.1) is 0 Å². The molecular weight excluding hydrogens is 264 g/mol. The van der Waals surface area contributed by atoms with Gasteiger partial charge >= 0.3 is 0 Å². The molecule has 0 saturated heterocycles. The van der Waals surface area contributed by atoms with E-state index in [1.54, 1.807) is 0 Å². The van der Waals surface area contributed by atoms with E-state index in [4.69, 9.17) is 11.6 Å². The Labute approximate surface area is 95.7 Å². The van der Waals surface area contributed by atoms with Crippen LogP contribution in [0.15, 0.2) is 4.90 Å². The van der Waals surface area contributed by atoms with E-state index in [0.29, 0.717) is 0 Å². The fourth-order valence-electron chi connectivity index (χ4n) is 0.942. The molecule has 0 aromatic carbocycles. The van der Waals surface area contributed by atoms with Crippen LogP contribution in [0.5, 0.6) is 0 Å². The van der Waals surface area contributed by atoms with Crippen molar-refractivity contribution < 1.29 is 17.5 Å². The molecule has 15 heavy (non-hydrogen) atoms. The van der Waals surface area contributed by atoms with Crippen LogP contribution in [0.1, 0.15) is 11.5 Å². The van der Waals surface area contributed by atoms with Gasteiger partial charge in [-0.05, 0) is 29.1 Å². The van der Waals surface area contributed by atoms with Crippen LogP contribution in [0.4, 0.5) is 0 Å². The summed E-state index contributed by atoms with van der Waals surface area (Å²) in [6.45, 7) is 1.41. The van der Waals surface area contributed by atoms with E-state index in [1.807, 2.05) is 0 Å². The van der Waals surface area contributed by atoms with E-state index in [1.165, 1.54) is 6.92 Å². The van der Waals surface area contributed by atoms with Crippen molar-refractivity contribution in [2.24, 2.45) is 0 Å². The van der Waals surface area contributed by atoms with E-state index >= 15 is 0 Å². The molecule has 2 unspecified atom stereocenters. The lowest BCUT2D eigenvalue weighted by Gasteiger charge is -2.11. The zero-order chi connectivity index (χ0) is 11.6. The molecule has 84 valence electrons. The van der Waals surface area contributed by atoms with Gasteiger partial charge in [-0.2, -0.15) is 0 Å². The summed E-state index contributed by atoms with van der Waals surface area (Å²) in [6, 6.07) is 0. The highest BCUT2D eigenvalue weighted by atomic mass is 35.5. The summed E-state index contributed by atoms with van der Waals surface area (Å²) in [5.41, 5.74) is 0.129. The number of aromatic nitrogens is 2. The van der Waals surface area contributed by atoms with Gasteiger partial charge in [-0.3, -0.25) is 8.42 Å². The van der Waals surface area contributed by atoms with Gasteiger partial charge in [0.25, 0.3) is 0 Å². The Hall–Kier alpha value is -0.410. The van der Waals surface area contributed by atoms with Crippen LogP contribution < -0.4 is 0 Å². The highest BCUT2D eigenvalue weighted by Gasteiger charge is 2.10. The van der Waals surface area contributed by atoms with Crippen LogP contribution in [0, 0.1) is 6.92 Å². The molecule has 0 amide bonds. The van der Waals surface area contributed by atoms with Crippen molar-refractivity contribution in [1.82, 2.24) is 9.97 Å². The fourth-order valence-corrected chi connectivity index (χ4v) is 2.18. The van der Waals surface area contributed by atoms with E-state index in [2.05, 4.69) is 9.97 Å². The first-order chi connectivity index (χ1) is 6.91. The van der Waals surface area contributed by atoms with Crippen molar-refractivity contribution in [3.05, 3.63) is 16.7 Å². The molecule has 0 aliphatic rings. The highest BCUT2D eigenvalue weighted by molar-refractivity contribution is 7.79. The van der Waals surface area contributed by atoms with Crippen molar-refractivity contribution >= 4 is 33.8 Å². The quantitative estimate of drug-likeness (QED) is 0.567. The van der Waals surface area contributed by atoms with Gasteiger partial charge in [-0.25, -0.2) is 9.97 Å². The van der Waals surface area contributed by atoms with Crippen molar-refractivity contribution in [2.45, 2.75) is 17.6 Å². The third-order valence-electron chi connectivity index (χ3n) is 1.45. The largest absolute Gasteiger partial charge is 0.772 e. The SMILES string of the molecule is Cc1nc(CS(=O)[O-])nc(Cl)c1S(=O)[O-]. The van der Waals surface area contributed by atoms with Gasteiger partial charge in [0.15, 0.2) is 0 Å². The van der Waals surface area contributed by atoms with E-state index in [-0.39, 0.29) is 21.6 Å². The second-order valence-electron chi connectivity index (χ2n) is 2.53. The number of hydrogen-bond acceptors (Lipinski definition) is 6. The Morgan fingerprint density at radius 2 is 1.93 bits per heavy atom. The lowest BCUT2D eigenvalue weighted by Crippen LogP contribution is -2.06. The molecule has 1 rings (SSSR count). The second-order valence-corrected chi connectivity index (χ2v) is 4.66. The summed E-state index contributed by atoms with van der Waals surface area (Å²) in [6.07, 6.45) is 0. The third kappa shape index (κ3) is 3.28. The molecule has 0 bridgehead atoms. The molecule has 1 aromatic rings. The molecule has 0 spiro atoms. The smallest absolute Gasteiger partial charge is 0.148 e. The monoisotopic (exact) mass is 268 g/mol. The summed E-state index contributed by atoms with van der Waals surface area (Å²) < 4.78 is 42.1. The molecule has 6 nitrogen and oxygen atoms in total. The summed E-state index contributed by atoms with van der Waals surface area (Å²) in [5.74, 6) is -0.424. The number of rotatable bonds is 3. The highest BCUT2D eigenvalue weighted by Crippen LogP contribution is 2.19. The van der Waals surface area contributed by atoms with Gasteiger partial charge in [-0.1, -0.05) is 11.6 Å². The van der Waals surface area contributed by atoms with Crippen LogP contribution in [0.3, 0.4) is 0 Å². The van der Waals surface area contributed by atoms with Gasteiger partial charge < -0.3 is 9.11 Å². The first kappa shape index (κ1) is 12.7. The number of nitrogens with zero attached hydrogens (tertiary/aromatic N) is 2. The van der Waals surface area contributed by atoms with E-state index in [0.717, 1.165) is 0 Å². The van der Waals surface area contributed by atoms with Crippen molar-refractivity contribution in [3.8, 4) is 0 Å². The van der Waals surface area contributed by atoms with Crippen molar-refractivity contribution in [1.29, 1.82) is 0 Å². The Balaban J connectivity index is 3.19. The van der Waals surface area contributed by atoms with Crippen molar-refractivity contribution in [2.75, 3.05) is 0 Å². The minimum absolute atomic E-state index is 0.0277. The molecule has 0 N–H and O–H groups in total.